The van der Waals surface area contributed by atoms with Crippen molar-refractivity contribution in [2.24, 2.45) is 17.3 Å². The van der Waals surface area contributed by atoms with E-state index in [-0.39, 0.29) is 5.41 Å². The van der Waals surface area contributed by atoms with Gasteiger partial charge in [-0.15, -0.1) is 0 Å². The fourth-order valence-corrected chi connectivity index (χ4v) is 6.73. The predicted molar refractivity (Wildman–Crippen MR) is 111 cm³/mol. The van der Waals surface area contributed by atoms with Crippen LogP contribution in [0.3, 0.4) is 0 Å². The van der Waals surface area contributed by atoms with E-state index < -0.39 is 5.60 Å². The molecule has 0 unspecified atom stereocenters. The first-order valence-electron chi connectivity index (χ1n) is 11.2. The Morgan fingerprint density at radius 1 is 1.15 bits per heavy atom. The molecule has 1 aromatic rings. The Balaban J connectivity index is 1.53. The molecule has 3 aliphatic rings. The van der Waals surface area contributed by atoms with Crippen molar-refractivity contribution >= 4 is 0 Å². The van der Waals surface area contributed by atoms with E-state index in [0.717, 1.165) is 32.1 Å². The van der Waals surface area contributed by atoms with Crippen LogP contribution >= 0.6 is 0 Å². The highest BCUT2D eigenvalue weighted by Gasteiger charge is 2.60. The van der Waals surface area contributed by atoms with Crippen LogP contribution in [0.4, 0.5) is 0 Å². The van der Waals surface area contributed by atoms with E-state index in [9.17, 15) is 10.2 Å². The summed E-state index contributed by atoms with van der Waals surface area (Å²) in [5, 5.41) is 21.5. The SMILES string of the molecule is CCCC/C=C/C[C@]1(O)CC[C@H]2[C@@H]3CCc4cc(O)ccc4[C@H]3CC[C@@]21C. The van der Waals surface area contributed by atoms with Crippen LogP contribution in [0.5, 0.6) is 5.75 Å². The summed E-state index contributed by atoms with van der Waals surface area (Å²) in [6, 6.07) is 6.01. The predicted octanol–water partition coefficient (Wildman–Crippen LogP) is 6.12. The second kappa shape index (κ2) is 7.28. The Labute approximate surface area is 164 Å². The zero-order valence-electron chi connectivity index (χ0n) is 17.1. The number of aryl methyl sites for hydroxylation is 1. The van der Waals surface area contributed by atoms with Crippen LogP contribution in [-0.2, 0) is 6.42 Å². The normalized spacial score (nSPS) is 37.8. The number of phenols is 1. The fourth-order valence-electron chi connectivity index (χ4n) is 6.73. The maximum atomic E-state index is 11.6. The molecule has 2 saturated carbocycles. The molecule has 0 heterocycles. The Morgan fingerprint density at radius 3 is 2.81 bits per heavy atom. The molecule has 0 aromatic heterocycles. The van der Waals surface area contributed by atoms with E-state index in [2.05, 4.69) is 32.1 Å². The van der Waals surface area contributed by atoms with Crippen molar-refractivity contribution in [3.05, 3.63) is 41.5 Å². The molecule has 0 amide bonds. The summed E-state index contributed by atoms with van der Waals surface area (Å²) in [6.07, 6.45) is 15.7. The molecule has 2 nitrogen and oxygen atoms in total. The minimum atomic E-state index is -0.527. The Hall–Kier alpha value is -1.28. The van der Waals surface area contributed by atoms with Crippen molar-refractivity contribution < 1.29 is 10.2 Å². The number of allylic oxidation sites excluding steroid dienone is 1. The van der Waals surface area contributed by atoms with Crippen molar-refractivity contribution in [2.75, 3.05) is 0 Å². The van der Waals surface area contributed by atoms with Crippen molar-refractivity contribution in [3.63, 3.8) is 0 Å². The highest BCUT2D eigenvalue weighted by Crippen LogP contribution is 2.65. The first kappa shape index (κ1) is 19.1. The third-order valence-corrected chi connectivity index (χ3v) is 8.38. The van der Waals surface area contributed by atoms with Crippen molar-refractivity contribution in [2.45, 2.75) is 89.6 Å². The average Bonchev–Trinajstić information content (AvgIpc) is 2.92. The minimum absolute atomic E-state index is 0.0533. The summed E-state index contributed by atoms with van der Waals surface area (Å²) in [6.45, 7) is 4.61. The van der Waals surface area contributed by atoms with Gasteiger partial charge in [-0.3, -0.25) is 0 Å². The molecule has 27 heavy (non-hydrogen) atoms. The largest absolute Gasteiger partial charge is 0.508 e. The lowest BCUT2D eigenvalue weighted by atomic mass is 9.53. The molecule has 0 saturated heterocycles. The highest BCUT2D eigenvalue weighted by molar-refractivity contribution is 5.40. The molecule has 2 N–H and O–H groups in total. The lowest BCUT2D eigenvalue weighted by Gasteiger charge is -2.53. The van der Waals surface area contributed by atoms with Gasteiger partial charge in [-0.2, -0.15) is 0 Å². The molecule has 0 bridgehead atoms. The summed E-state index contributed by atoms with van der Waals surface area (Å²) in [7, 11) is 0. The van der Waals surface area contributed by atoms with E-state index in [1.54, 1.807) is 0 Å². The number of unbranched alkanes of at least 4 members (excludes halogenated alkanes) is 2. The lowest BCUT2D eigenvalue weighted by molar-refractivity contribution is -0.100. The average molecular weight is 369 g/mol. The second-order valence-electron chi connectivity index (χ2n) is 9.64. The second-order valence-corrected chi connectivity index (χ2v) is 9.64. The quantitative estimate of drug-likeness (QED) is 0.486. The summed E-state index contributed by atoms with van der Waals surface area (Å²) >= 11 is 0. The van der Waals surface area contributed by atoms with Crippen LogP contribution < -0.4 is 0 Å². The standard InChI is InChI=1S/C25H36O2/c1-3-4-5-6-7-14-25(27)16-13-23-22-10-8-18-17-19(26)9-11-20(18)21(22)12-15-24(23,25)2/h6-7,9,11,17,21-23,26-27H,3-5,8,10,12-16H2,1-2H3/b7-6+/t21-,22-,23+,24+,25+/m1/s1. The van der Waals surface area contributed by atoms with Gasteiger partial charge < -0.3 is 10.2 Å². The molecule has 0 aliphatic heterocycles. The van der Waals surface area contributed by atoms with Crippen LogP contribution in [-0.4, -0.2) is 15.8 Å². The number of phenolic OH excluding ortho intramolecular Hbond substituents is 1. The van der Waals surface area contributed by atoms with Gasteiger partial charge in [0, 0.05) is 0 Å². The number of rotatable bonds is 5. The Kier molecular flexibility index (Phi) is 5.14. The van der Waals surface area contributed by atoms with Gasteiger partial charge in [0.15, 0.2) is 0 Å². The molecule has 5 atom stereocenters. The van der Waals surface area contributed by atoms with E-state index >= 15 is 0 Å². The molecule has 2 heteroatoms. The first-order chi connectivity index (χ1) is 13.0. The van der Waals surface area contributed by atoms with Crippen molar-refractivity contribution in [3.8, 4) is 5.75 Å². The molecule has 2 fully saturated rings. The summed E-state index contributed by atoms with van der Waals surface area (Å²) in [5.74, 6) is 2.35. The summed E-state index contributed by atoms with van der Waals surface area (Å²) in [4.78, 5) is 0. The maximum absolute atomic E-state index is 11.6. The molecule has 148 valence electrons. The van der Waals surface area contributed by atoms with Gasteiger partial charge in [-0.25, -0.2) is 0 Å². The van der Waals surface area contributed by atoms with Crippen LogP contribution in [0, 0.1) is 17.3 Å². The van der Waals surface area contributed by atoms with Crippen molar-refractivity contribution in [1.82, 2.24) is 0 Å². The minimum Gasteiger partial charge on any atom is -0.508 e. The lowest BCUT2D eigenvalue weighted by Crippen LogP contribution is -2.50. The van der Waals surface area contributed by atoms with Crippen LogP contribution in [0.2, 0.25) is 0 Å². The molecule has 3 aliphatic carbocycles. The number of aromatic hydroxyl groups is 1. The van der Waals surface area contributed by atoms with Crippen molar-refractivity contribution in [1.29, 1.82) is 0 Å². The zero-order chi connectivity index (χ0) is 19.1. The number of hydrogen-bond donors (Lipinski definition) is 2. The number of benzene rings is 1. The third kappa shape index (κ3) is 3.14. The summed E-state index contributed by atoms with van der Waals surface area (Å²) in [5.41, 5.74) is 2.35. The monoisotopic (exact) mass is 368 g/mol. The first-order valence-corrected chi connectivity index (χ1v) is 11.2. The van der Waals surface area contributed by atoms with Gasteiger partial charge in [0.1, 0.15) is 5.75 Å². The van der Waals surface area contributed by atoms with Gasteiger partial charge >= 0.3 is 0 Å². The van der Waals surface area contributed by atoms with Crippen LogP contribution in [0.25, 0.3) is 0 Å². The maximum Gasteiger partial charge on any atom is 0.115 e. The zero-order valence-corrected chi connectivity index (χ0v) is 17.1. The van der Waals surface area contributed by atoms with Gasteiger partial charge in [0.05, 0.1) is 5.60 Å². The van der Waals surface area contributed by atoms with E-state index in [1.165, 1.54) is 43.2 Å². The van der Waals surface area contributed by atoms with E-state index in [1.807, 2.05) is 12.1 Å². The molecule has 0 spiro atoms. The molecule has 1 aromatic carbocycles. The van der Waals surface area contributed by atoms with E-state index in [0.29, 0.717) is 23.5 Å². The fraction of sp³-hybridized carbons (Fsp3) is 0.680. The van der Waals surface area contributed by atoms with Gasteiger partial charge in [0.25, 0.3) is 0 Å². The summed E-state index contributed by atoms with van der Waals surface area (Å²) < 4.78 is 0. The highest BCUT2D eigenvalue weighted by atomic mass is 16.3. The molecular formula is C25H36O2. The van der Waals surface area contributed by atoms with Crippen LogP contribution in [0.1, 0.15) is 88.7 Å². The van der Waals surface area contributed by atoms with E-state index in [4.69, 9.17) is 0 Å². The number of aliphatic hydroxyl groups is 1. The molecule has 4 rings (SSSR count). The van der Waals surface area contributed by atoms with Crippen LogP contribution in [0.15, 0.2) is 30.4 Å². The van der Waals surface area contributed by atoms with Gasteiger partial charge in [0.2, 0.25) is 0 Å². The topological polar surface area (TPSA) is 40.5 Å². The Morgan fingerprint density at radius 2 is 2.00 bits per heavy atom. The van der Waals surface area contributed by atoms with Gasteiger partial charge in [-0.1, -0.05) is 44.9 Å². The smallest absolute Gasteiger partial charge is 0.115 e. The van der Waals surface area contributed by atoms with Gasteiger partial charge in [-0.05, 0) is 97.8 Å². The number of hydrogen-bond acceptors (Lipinski definition) is 2. The number of fused-ring (bicyclic) bond motifs is 5. The molecular weight excluding hydrogens is 332 g/mol. The Bertz CT molecular complexity index is 708. The molecule has 0 radical (unpaired) electrons. The third-order valence-electron chi connectivity index (χ3n) is 8.38.